The van der Waals surface area contributed by atoms with Gasteiger partial charge in [-0.15, -0.1) is 0 Å². The van der Waals surface area contributed by atoms with Crippen LogP contribution in [0.3, 0.4) is 0 Å². The van der Waals surface area contributed by atoms with E-state index in [1.807, 2.05) is 0 Å². The molecule has 0 saturated heterocycles. The quantitative estimate of drug-likeness (QED) is 0.656. The number of hydrogen-bond donors (Lipinski definition) is 0. The van der Waals surface area contributed by atoms with Crippen molar-refractivity contribution in [1.82, 2.24) is 0 Å². The van der Waals surface area contributed by atoms with Crippen LogP contribution in [-0.2, 0) is 9.47 Å². The molecule has 128 valence electrons. The van der Waals surface area contributed by atoms with Crippen LogP contribution in [0.15, 0.2) is 22.7 Å². The molecule has 0 spiro atoms. The van der Waals surface area contributed by atoms with E-state index in [2.05, 4.69) is 15.9 Å². The molecule has 0 saturated carbocycles. The zero-order valence-corrected chi connectivity index (χ0v) is 15.7. The second kappa shape index (κ2) is 6.86. The van der Waals surface area contributed by atoms with E-state index in [0.717, 1.165) is 11.0 Å². The fourth-order valence-electron chi connectivity index (χ4n) is 1.52. The van der Waals surface area contributed by atoms with Gasteiger partial charge in [0.2, 0.25) is 0 Å². The minimum Gasteiger partial charge on any atom is -0.443 e. The number of anilines is 1. The van der Waals surface area contributed by atoms with Crippen LogP contribution < -0.4 is 4.90 Å². The molecule has 0 fully saturated rings. The van der Waals surface area contributed by atoms with Crippen molar-refractivity contribution in [1.29, 1.82) is 0 Å². The monoisotopic (exact) mass is 389 g/mol. The van der Waals surface area contributed by atoms with Gasteiger partial charge in [0.05, 0.1) is 10.2 Å². The average Bonchev–Trinajstić information content (AvgIpc) is 2.29. The fraction of sp³-hybridized carbons (Fsp3) is 0.500. The van der Waals surface area contributed by atoms with Crippen molar-refractivity contribution < 1.29 is 23.5 Å². The van der Waals surface area contributed by atoms with Crippen molar-refractivity contribution in [2.75, 3.05) is 4.90 Å². The Balaban J connectivity index is 3.22. The van der Waals surface area contributed by atoms with E-state index < -0.39 is 29.2 Å². The average molecular weight is 390 g/mol. The van der Waals surface area contributed by atoms with Crippen molar-refractivity contribution >= 4 is 33.8 Å². The number of imide groups is 1. The Hall–Kier alpha value is -1.63. The third-order valence-electron chi connectivity index (χ3n) is 2.31. The lowest BCUT2D eigenvalue weighted by Gasteiger charge is -2.28. The normalized spacial score (nSPS) is 11.8. The fourth-order valence-corrected chi connectivity index (χ4v) is 1.89. The van der Waals surface area contributed by atoms with Gasteiger partial charge in [-0.2, -0.15) is 4.90 Å². The predicted octanol–water partition coefficient (Wildman–Crippen LogP) is 5.26. The van der Waals surface area contributed by atoms with E-state index in [9.17, 15) is 14.0 Å². The molecule has 5 nitrogen and oxygen atoms in total. The molecule has 1 aromatic rings. The maximum Gasteiger partial charge on any atom is 0.424 e. The van der Waals surface area contributed by atoms with Crippen LogP contribution in [-0.4, -0.2) is 23.4 Å². The molecule has 0 aliphatic rings. The zero-order chi connectivity index (χ0) is 18.0. The lowest BCUT2D eigenvalue weighted by atomic mass is 10.2. The second-order valence-corrected chi connectivity index (χ2v) is 7.75. The molecule has 0 N–H and O–H groups in total. The first kappa shape index (κ1) is 19.4. The lowest BCUT2D eigenvalue weighted by molar-refractivity contribution is 0.0430. The number of nitrogens with zero attached hydrogens (tertiary/aromatic N) is 1. The molecule has 0 radical (unpaired) electrons. The smallest absolute Gasteiger partial charge is 0.424 e. The molecule has 23 heavy (non-hydrogen) atoms. The van der Waals surface area contributed by atoms with Gasteiger partial charge in [-0.05, 0) is 75.7 Å². The zero-order valence-electron chi connectivity index (χ0n) is 14.1. The van der Waals surface area contributed by atoms with E-state index in [-0.39, 0.29) is 10.2 Å². The second-order valence-electron chi connectivity index (χ2n) is 6.89. The van der Waals surface area contributed by atoms with E-state index in [1.54, 1.807) is 41.5 Å². The lowest BCUT2D eigenvalue weighted by Crippen LogP contribution is -2.43. The van der Waals surface area contributed by atoms with Gasteiger partial charge in [-0.1, -0.05) is 0 Å². The molecule has 0 unspecified atom stereocenters. The summed E-state index contributed by atoms with van der Waals surface area (Å²) in [5.74, 6) is -0.512. The highest BCUT2D eigenvalue weighted by atomic mass is 79.9. The molecular weight excluding hydrogens is 369 g/mol. The van der Waals surface area contributed by atoms with E-state index >= 15 is 0 Å². The number of ether oxygens (including phenoxy) is 2. The predicted molar refractivity (Wildman–Crippen MR) is 89.0 cm³/mol. The van der Waals surface area contributed by atoms with Crippen molar-refractivity contribution in [2.24, 2.45) is 0 Å². The van der Waals surface area contributed by atoms with Crippen LogP contribution in [0.1, 0.15) is 41.5 Å². The van der Waals surface area contributed by atoms with E-state index in [4.69, 9.17) is 9.47 Å². The van der Waals surface area contributed by atoms with Crippen molar-refractivity contribution in [2.45, 2.75) is 52.7 Å². The van der Waals surface area contributed by atoms with Gasteiger partial charge in [0.1, 0.15) is 17.0 Å². The number of carbonyl (C=O) groups excluding carboxylic acids is 2. The van der Waals surface area contributed by atoms with Crippen LogP contribution >= 0.6 is 15.9 Å². The number of carbonyl (C=O) groups is 2. The van der Waals surface area contributed by atoms with Crippen LogP contribution in [0.4, 0.5) is 19.7 Å². The van der Waals surface area contributed by atoms with Crippen LogP contribution in [0.5, 0.6) is 0 Å². The number of hydrogen-bond acceptors (Lipinski definition) is 4. The minimum atomic E-state index is -0.898. The SMILES string of the molecule is CC(C)(C)OC(=O)N(C(=O)OC(C)(C)C)c1ccc(F)c(Br)c1. The van der Waals surface area contributed by atoms with Gasteiger partial charge in [0.15, 0.2) is 0 Å². The van der Waals surface area contributed by atoms with Gasteiger partial charge >= 0.3 is 12.2 Å². The first-order valence-corrected chi connectivity index (χ1v) is 7.80. The van der Waals surface area contributed by atoms with Gasteiger partial charge in [-0.3, -0.25) is 0 Å². The maximum atomic E-state index is 13.4. The summed E-state index contributed by atoms with van der Waals surface area (Å²) >= 11 is 3.03. The van der Waals surface area contributed by atoms with Crippen molar-refractivity contribution in [3.05, 3.63) is 28.5 Å². The number of halogens is 2. The Bertz CT molecular complexity index is 577. The highest BCUT2D eigenvalue weighted by Gasteiger charge is 2.32. The Morgan fingerprint density at radius 2 is 1.43 bits per heavy atom. The highest BCUT2D eigenvalue weighted by Crippen LogP contribution is 2.26. The first-order valence-electron chi connectivity index (χ1n) is 7.01. The first-order chi connectivity index (χ1) is 10.3. The minimum absolute atomic E-state index is 0.118. The van der Waals surface area contributed by atoms with Crippen LogP contribution in [0, 0.1) is 5.82 Å². The van der Waals surface area contributed by atoms with Gasteiger partial charge < -0.3 is 9.47 Å². The number of benzene rings is 1. The Morgan fingerprint density at radius 3 is 1.78 bits per heavy atom. The summed E-state index contributed by atoms with van der Waals surface area (Å²) in [5, 5.41) is 0. The number of rotatable bonds is 1. The molecular formula is C16H21BrFNO4. The molecule has 2 amide bonds. The summed E-state index contributed by atoms with van der Waals surface area (Å²) in [7, 11) is 0. The third kappa shape index (κ3) is 6.17. The molecule has 1 rings (SSSR count). The van der Waals surface area contributed by atoms with E-state index in [0.29, 0.717) is 0 Å². The third-order valence-corrected chi connectivity index (χ3v) is 2.92. The summed E-state index contributed by atoms with van der Waals surface area (Å²) in [4.78, 5) is 25.5. The van der Waals surface area contributed by atoms with Gasteiger partial charge in [-0.25, -0.2) is 14.0 Å². The molecule has 0 atom stereocenters. The number of amides is 2. The largest absolute Gasteiger partial charge is 0.443 e. The van der Waals surface area contributed by atoms with Crippen molar-refractivity contribution in [3.8, 4) is 0 Å². The van der Waals surface area contributed by atoms with Crippen LogP contribution in [0.2, 0.25) is 0 Å². The van der Waals surface area contributed by atoms with Crippen molar-refractivity contribution in [3.63, 3.8) is 0 Å². The topological polar surface area (TPSA) is 55.8 Å². The molecule has 1 aromatic carbocycles. The molecule has 0 aliphatic carbocycles. The maximum absolute atomic E-state index is 13.4. The summed E-state index contributed by atoms with van der Waals surface area (Å²) in [5.41, 5.74) is -1.45. The van der Waals surface area contributed by atoms with Gasteiger partial charge in [0.25, 0.3) is 0 Å². The Labute approximate surface area is 143 Å². The summed E-state index contributed by atoms with van der Waals surface area (Å²) in [6.45, 7) is 10.1. The Morgan fingerprint density at radius 1 is 1.00 bits per heavy atom. The summed E-state index contributed by atoms with van der Waals surface area (Å²) in [6, 6.07) is 3.75. The molecule has 0 heterocycles. The molecule has 7 heteroatoms. The highest BCUT2D eigenvalue weighted by molar-refractivity contribution is 9.10. The molecule has 0 aromatic heterocycles. The van der Waals surface area contributed by atoms with Gasteiger partial charge in [0, 0.05) is 0 Å². The standard InChI is InChI=1S/C16H21BrFNO4/c1-15(2,3)22-13(20)19(14(21)23-16(4,5)6)10-7-8-12(18)11(17)9-10/h7-9H,1-6H3. The summed E-state index contributed by atoms with van der Waals surface area (Å²) in [6.07, 6.45) is -1.80. The Kier molecular flexibility index (Phi) is 5.79. The summed E-state index contributed by atoms with van der Waals surface area (Å²) < 4.78 is 24.0. The molecule has 0 aliphatic heterocycles. The van der Waals surface area contributed by atoms with E-state index in [1.165, 1.54) is 12.1 Å². The molecule has 0 bridgehead atoms. The van der Waals surface area contributed by atoms with Crippen LogP contribution in [0.25, 0.3) is 0 Å².